The molecule has 0 heterocycles. The SMILES string of the molecule is CC(C)(O)C(C)(C)O.OBOBO.OBOBO. The molecule has 0 bridgehead atoms. The Balaban J connectivity index is -0.000000197. The summed E-state index contributed by atoms with van der Waals surface area (Å²) < 4.78 is 7.89. The molecule has 0 aliphatic heterocycles. The molecule has 0 amide bonds. The second kappa shape index (κ2) is 13.4. The highest BCUT2D eigenvalue weighted by Gasteiger charge is 2.31. The maximum atomic E-state index is 9.10. The predicted molar refractivity (Wildman–Crippen MR) is 72.2 cm³/mol. The van der Waals surface area contributed by atoms with Crippen LogP contribution in [0.15, 0.2) is 0 Å². The van der Waals surface area contributed by atoms with Gasteiger partial charge in [0.2, 0.25) is 0 Å². The minimum atomic E-state index is -1.01. The van der Waals surface area contributed by atoms with Gasteiger partial charge in [0.25, 0.3) is 0 Å². The maximum Gasteiger partial charge on any atom is 0.421 e. The largest absolute Gasteiger partial charge is 0.457 e. The van der Waals surface area contributed by atoms with E-state index in [4.69, 9.17) is 30.3 Å². The molecular formula is C6H22B4O8. The Morgan fingerprint density at radius 2 is 0.778 bits per heavy atom. The van der Waals surface area contributed by atoms with Gasteiger partial charge in [0.15, 0.2) is 0 Å². The molecule has 0 aromatic carbocycles. The van der Waals surface area contributed by atoms with Crippen LogP contribution in [0.2, 0.25) is 0 Å². The summed E-state index contributed by atoms with van der Waals surface area (Å²) in [7, 11) is -1.62. The number of rotatable bonds is 5. The predicted octanol–water partition coefficient (Wildman–Crippen LogP) is -4.43. The lowest BCUT2D eigenvalue weighted by Gasteiger charge is -2.31. The molecule has 0 aromatic heterocycles. The summed E-state index contributed by atoms with van der Waals surface area (Å²) in [6.45, 7) is 6.31. The lowest BCUT2D eigenvalue weighted by molar-refractivity contribution is -0.107. The Bertz CT molecular complexity index is 137. The van der Waals surface area contributed by atoms with Crippen LogP contribution in [0.25, 0.3) is 0 Å². The minimum Gasteiger partial charge on any atom is -0.457 e. The summed E-state index contributed by atoms with van der Waals surface area (Å²) in [4.78, 5) is 0. The van der Waals surface area contributed by atoms with Crippen molar-refractivity contribution in [3.05, 3.63) is 0 Å². The van der Waals surface area contributed by atoms with Gasteiger partial charge in [0.1, 0.15) is 0 Å². The smallest absolute Gasteiger partial charge is 0.421 e. The number of hydrogen-bond donors (Lipinski definition) is 6. The average Bonchev–Trinajstić information content (AvgIpc) is 2.19. The Morgan fingerprint density at radius 3 is 0.778 bits per heavy atom. The fourth-order valence-electron chi connectivity index (χ4n) is 0.0816. The molecular weight excluding hydrogens is 243 g/mol. The van der Waals surface area contributed by atoms with Crippen molar-refractivity contribution in [2.24, 2.45) is 0 Å². The molecule has 0 aliphatic carbocycles. The Labute approximate surface area is 110 Å². The van der Waals surface area contributed by atoms with Crippen LogP contribution in [0.5, 0.6) is 0 Å². The Hall–Kier alpha value is -0.0603. The van der Waals surface area contributed by atoms with E-state index in [-0.39, 0.29) is 0 Å². The van der Waals surface area contributed by atoms with Crippen LogP contribution in [0, 0.1) is 0 Å². The molecule has 0 rings (SSSR count). The molecule has 0 radical (unpaired) electrons. The van der Waals surface area contributed by atoms with Crippen molar-refractivity contribution in [2.45, 2.75) is 38.9 Å². The van der Waals surface area contributed by atoms with Crippen LogP contribution >= 0.6 is 0 Å². The third-order valence-corrected chi connectivity index (χ3v) is 1.86. The average molecular weight is 265 g/mol. The van der Waals surface area contributed by atoms with Crippen LogP contribution in [0.1, 0.15) is 27.7 Å². The highest BCUT2D eigenvalue weighted by atomic mass is 16.5. The summed E-state index contributed by atoms with van der Waals surface area (Å²) in [6, 6.07) is 0. The summed E-state index contributed by atoms with van der Waals surface area (Å²) in [5.41, 5.74) is -2.01. The molecule has 0 saturated carbocycles. The molecule has 0 spiro atoms. The zero-order valence-corrected chi connectivity index (χ0v) is 11.3. The van der Waals surface area contributed by atoms with E-state index in [1.54, 1.807) is 27.7 Å². The lowest BCUT2D eigenvalue weighted by atomic mass is 9.90. The third-order valence-electron chi connectivity index (χ3n) is 1.86. The lowest BCUT2D eigenvalue weighted by Crippen LogP contribution is -2.44. The van der Waals surface area contributed by atoms with Crippen molar-refractivity contribution in [2.75, 3.05) is 0 Å². The van der Waals surface area contributed by atoms with Gasteiger partial charge in [-0.3, -0.25) is 0 Å². The van der Waals surface area contributed by atoms with E-state index in [2.05, 4.69) is 9.14 Å². The van der Waals surface area contributed by atoms with Gasteiger partial charge in [-0.05, 0) is 27.7 Å². The maximum absolute atomic E-state index is 9.10. The van der Waals surface area contributed by atoms with Crippen LogP contribution in [-0.4, -0.2) is 72.3 Å². The van der Waals surface area contributed by atoms with Crippen molar-refractivity contribution in [3.8, 4) is 0 Å². The molecule has 0 unspecified atom stereocenters. The van der Waals surface area contributed by atoms with Crippen molar-refractivity contribution in [1.82, 2.24) is 0 Å². The molecule has 0 atom stereocenters. The van der Waals surface area contributed by atoms with E-state index in [9.17, 15) is 0 Å². The van der Waals surface area contributed by atoms with Gasteiger partial charge < -0.3 is 39.5 Å². The molecule has 0 saturated heterocycles. The van der Waals surface area contributed by atoms with E-state index < -0.39 is 41.9 Å². The first kappa shape index (κ1) is 23.1. The van der Waals surface area contributed by atoms with Crippen molar-refractivity contribution in [3.63, 3.8) is 0 Å². The summed E-state index contributed by atoms with van der Waals surface area (Å²) in [6.07, 6.45) is 0. The van der Waals surface area contributed by atoms with Gasteiger partial charge in [0, 0.05) is 0 Å². The van der Waals surface area contributed by atoms with Crippen molar-refractivity contribution >= 4 is 30.7 Å². The van der Waals surface area contributed by atoms with Crippen LogP contribution in [-0.2, 0) is 9.14 Å². The molecule has 12 heteroatoms. The van der Waals surface area contributed by atoms with Crippen molar-refractivity contribution in [1.29, 1.82) is 0 Å². The van der Waals surface area contributed by atoms with E-state index in [0.29, 0.717) is 0 Å². The Morgan fingerprint density at radius 1 is 0.611 bits per heavy atom. The zero-order valence-electron chi connectivity index (χ0n) is 11.3. The first-order valence-corrected chi connectivity index (χ1v) is 5.12. The van der Waals surface area contributed by atoms with E-state index in [0.717, 1.165) is 0 Å². The fraction of sp³-hybridized carbons (Fsp3) is 1.00. The van der Waals surface area contributed by atoms with Crippen LogP contribution in [0.3, 0.4) is 0 Å². The highest BCUT2D eigenvalue weighted by Crippen LogP contribution is 2.19. The zero-order chi connectivity index (χ0) is 15.2. The Kier molecular flexibility index (Phi) is 17.1. The normalized spacial score (nSPS) is 10.1. The standard InChI is InChI=1S/C6H14O2.2B2H4O3/c1-5(2,7)6(3,4)8;2*3-1-5-2-4/h7-8H,1-4H3;2*1-4H. The molecule has 0 aliphatic rings. The molecule has 8 nitrogen and oxygen atoms in total. The topological polar surface area (TPSA) is 140 Å². The molecule has 18 heavy (non-hydrogen) atoms. The van der Waals surface area contributed by atoms with Gasteiger partial charge >= 0.3 is 30.7 Å². The van der Waals surface area contributed by atoms with Gasteiger partial charge in [-0.1, -0.05) is 0 Å². The monoisotopic (exact) mass is 266 g/mol. The molecule has 0 aromatic rings. The van der Waals surface area contributed by atoms with Gasteiger partial charge in [-0.2, -0.15) is 0 Å². The van der Waals surface area contributed by atoms with Crippen LogP contribution in [0.4, 0.5) is 0 Å². The van der Waals surface area contributed by atoms with Crippen molar-refractivity contribution < 1.29 is 39.5 Å². The molecule has 0 fully saturated rings. The molecule has 6 N–H and O–H groups in total. The summed E-state index contributed by atoms with van der Waals surface area (Å²) in [5.74, 6) is 0. The quantitative estimate of drug-likeness (QED) is 0.274. The first-order valence-electron chi connectivity index (χ1n) is 5.12. The fourth-order valence-corrected chi connectivity index (χ4v) is 0.0816. The minimum absolute atomic E-state index is 0.406. The van der Waals surface area contributed by atoms with Gasteiger partial charge in [-0.15, -0.1) is 0 Å². The molecule has 106 valence electrons. The second-order valence-electron chi connectivity index (χ2n) is 4.04. The van der Waals surface area contributed by atoms with Gasteiger partial charge in [0.05, 0.1) is 11.2 Å². The summed E-state index contributed by atoms with van der Waals surface area (Å²) >= 11 is 0. The second-order valence-corrected chi connectivity index (χ2v) is 4.04. The van der Waals surface area contributed by atoms with E-state index in [1.807, 2.05) is 0 Å². The third kappa shape index (κ3) is 21.2. The number of aliphatic hydroxyl groups is 2. The highest BCUT2D eigenvalue weighted by molar-refractivity contribution is 6.32. The summed E-state index contributed by atoms with van der Waals surface area (Å²) in [5, 5.41) is 48.9. The van der Waals surface area contributed by atoms with E-state index >= 15 is 0 Å². The van der Waals surface area contributed by atoms with Gasteiger partial charge in [-0.25, -0.2) is 0 Å². The van der Waals surface area contributed by atoms with Crippen LogP contribution < -0.4 is 0 Å². The number of hydrogen-bond acceptors (Lipinski definition) is 8. The van der Waals surface area contributed by atoms with E-state index in [1.165, 1.54) is 0 Å². The first-order chi connectivity index (χ1) is 8.08.